The maximum atomic E-state index is 2.49. The Balaban J connectivity index is 0. The number of halogens is 4. The number of hydrogen-bond acceptors (Lipinski definition) is 0. The second-order valence-electron chi connectivity index (χ2n) is 6.26. The highest BCUT2D eigenvalue weighted by atomic mass is 127. The number of hydrogen-bond donors (Lipinski definition) is 1. The van der Waals surface area contributed by atoms with Crippen molar-refractivity contribution >= 4 is 67.8 Å². The third-order valence-corrected chi connectivity index (χ3v) is 8.22. The highest BCUT2D eigenvalue weighted by Gasteiger charge is 1.98. The molecule has 0 saturated carbocycles. The maximum Gasteiger partial charge on any atom is 0.0766 e. The minimum absolute atomic E-state index is 0. The van der Waals surface area contributed by atoms with Gasteiger partial charge in [0.15, 0.2) is 0 Å². The molecular formula is C17H33ClI3N. The molecule has 0 aromatic rings. The Morgan fingerprint density at radius 1 is 0.636 bits per heavy atom. The average molecular weight is 668 g/mol. The molecule has 0 rings (SSSR count). The van der Waals surface area contributed by atoms with Crippen molar-refractivity contribution in [1.29, 1.82) is 0 Å². The fraction of sp³-hybridized carbons (Fsp3) is 0.882. The van der Waals surface area contributed by atoms with Crippen LogP contribution in [-0.4, -0.2) is 20.6 Å². The molecule has 0 amide bonds. The minimum atomic E-state index is 0. The lowest BCUT2D eigenvalue weighted by atomic mass is 10.1. The van der Waals surface area contributed by atoms with E-state index in [2.05, 4.69) is 81.9 Å². The first kappa shape index (κ1) is 26.4. The summed E-state index contributed by atoms with van der Waals surface area (Å²) >= 11 is 7.34. The van der Waals surface area contributed by atoms with E-state index < -0.39 is 0 Å². The molecule has 0 spiro atoms. The Kier molecular flexibility index (Phi) is 23.4. The summed E-state index contributed by atoms with van der Waals surface area (Å²) in [5, 5.41) is 0. The molecule has 1 N–H and O–H groups in total. The van der Waals surface area contributed by atoms with Crippen LogP contribution in [-0.2, 0) is 0 Å². The summed E-state index contributed by atoms with van der Waals surface area (Å²) in [6.45, 7) is 1.34. The molecule has 0 atom stereocenters. The topological polar surface area (TPSA) is 4.44 Å². The average Bonchev–Trinajstić information content (AvgIpc) is 2.43. The molecule has 5 heteroatoms. The van der Waals surface area contributed by atoms with E-state index in [1.54, 1.807) is 8.48 Å². The molecule has 0 unspecified atom stereocenters. The number of nitrogens with one attached hydrogen (secondary N) is 1. The molecule has 0 fully saturated rings. The molecular weight excluding hydrogens is 634 g/mol. The Morgan fingerprint density at radius 2 is 1.00 bits per heavy atom. The van der Waals surface area contributed by atoms with E-state index in [9.17, 15) is 0 Å². The molecule has 0 aromatic heterocycles. The quantitative estimate of drug-likeness (QED) is 0.215. The van der Waals surface area contributed by atoms with Crippen LogP contribution in [0, 0.1) is 0 Å². The molecule has 0 aliphatic carbocycles. The predicted octanol–water partition coefficient (Wildman–Crippen LogP) is 3.29. The summed E-state index contributed by atoms with van der Waals surface area (Å²) in [6, 6.07) is 0. The molecule has 0 heterocycles. The predicted molar refractivity (Wildman–Crippen MR) is 122 cm³/mol. The van der Waals surface area contributed by atoms with Gasteiger partial charge in [0.2, 0.25) is 0 Å². The van der Waals surface area contributed by atoms with Crippen LogP contribution in [0.4, 0.5) is 0 Å². The summed E-state index contributed by atoms with van der Waals surface area (Å²) in [5.74, 6) is 0. The smallest absolute Gasteiger partial charge is 0.0766 e. The van der Waals surface area contributed by atoms with Gasteiger partial charge in [0.25, 0.3) is 0 Å². The van der Waals surface area contributed by atoms with Crippen LogP contribution in [0.5, 0.6) is 0 Å². The van der Waals surface area contributed by atoms with E-state index in [0.29, 0.717) is 0 Å². The maximum absolute atomic E-state index is 2.49. The van der Waals surface area contributed by atoms with Crippen molar-refractivity contribution in [3.05, 3.63) is 5.17 Å². The van der Waals surface area contributed by atoms with Crippen LogP contribution in [0.25, 0.3) is 0 Å². The van der Waals surface area contributed by atoms with E-state index >= 15 is 0 Å². The van der Waals surface area contributed by atoms with Gasteiger partial charge in [0.05, 0.1) is 22.2 Å². The molecule has 0 aliphatic heterocycles. The van der Waals surface area contributed by atoms with Gasteiger partial charge < -0.3 is 17.3 Å². The van der Waals surface area contributed by atoms with Gasteiger partial charge >= 0.3 is 0 Å². The van der Waals surface area contributed by atoms with Gasteiger partial charge in [-0.05, 0) is 93.5 Å². The van der Waals surface area contributed by atoms with Crippen molar-refractivity contribution in [2.75, 3.05) is 20.6 Å². The Bertz CT molecular complexity index is 267. The number of rotatable bonds is 14. The van der Waals surface area contributed by atoms with Crippen LogP contribution < -0.4 is 17.3 Å². The van der Waals surface area contributed by atoms with Crippen LogP contribution in [0.3, 0.4) is 0 Å². The van der Waals surface area contributed by atoms with Crippen LogP contribution in [0.2, 0.25) is 0 Å². The Morgan fingerprint density at radius 3 is 1.36 bits per heavy atom. The minimum Gasteiger partial charge on any atom is -1.00 e. The summed E-state index contributed by atoms with van der Waals surface area (Å²) in [5.41, 5.74) is 0. The zero-order valence-electron chi connectivity index (χ0n) is 14.2. The third kappa shape index (κ3) is 20.2. The van der Waals surface area contributed by atoms with Crippen molar-refractivity contribution in [1.82, 2.24) is 0 Å². The highest BCUT2D eigenvalue weighted by molar-refractivity contribution is 14.2. The van der Waals surface area contributed by atoms with Gasteiger partial charge in [0.1, 0.15) is 0 Å². The lowest BCUT2D eigenvalue weighted by Gasteiger charge is -2.06. The van der Waals surface area contributed by atoms with Crippen molar-refractivity contribution in [3.8, 4) is 0 Å². The van der Waals surface area contributed by atoms with Gasteiger partial charge in [-0.3, -0.25) is 0 Å². The Labute approximate surface area is 186 Å². The third-order valence-electron chi connectivity index (χ3n) is 3.78. The fourth-order valence-electron chi connectivity index (χ4n) is 2.44. The van der Waals surface area contributed by atoms with Gasteiger partial charge in [-0.25, -0.2) is 0 Å². The monoisotopic (exact) mass is 667 g/mol. The molecule has 0 saturated heterocycles. The largest absolute Gasteiger partial charge is 1.00 e. The molecule has 134 valence electrons. The van der Waals surface area contributed by atoms with Gasteiger partial charge in [-0.15, -0.1) is 0 Å². The van der Waals surface area contributed by atoms with Crippen LogP contribution in [0.15, 0.2) is 5.17 Å². The van der Waals surface area contributed by atoms with Gasteiger partial charge in [-0.2, -0.15) is 0 Å². The lowest BCUT2D eigenvalue weighted by molar-refractivity contribution is -0.858. The molecule has 1 nitrogen and oxygen atoms in total. The summed E-state index contributed by atoms with van der Waals surface area (Å²) in [4.78, 5) is 1.59. The van der Waals surface area contributed by atoms with Crippen molar-refractivity contribution in [2.45, 2.75) is 77.0 Å². The molecule has 0 radical (unpaired) electrons. The molecule has 0 aliphatic rings. The van der Waals surface area contributed by atoms with E-state index in [4.69, 9.17) is 0 Å². The molecule has 0 aromatic carbocycles. The number of allylic oxidation sites excluding steroid dienone is 1. The van der Waals surface area contributed by atoms with E-state index in [1.807, 2.05) is 0 Å². The fourth-order valence-corrected chi connectivity index (χ4v) is 3.37. The zero-order chi connectivity index (χ0) is 15.9. The number of quaternary nitrogens is 1. The first-order valence-electron chi connectivity index (χ1n) is 8.52. The van der Waals surface area contributed by atoms with Gasteiger partial charge in [-0.1, -0.05) is 51.4 Å². The lowest BCUT2D eigenvalue weighted by Crippen LogP contribution is -3.05. The highest BCUT2D eigenvalue weighted by Crippen LogP contribution is 2.29. The second-order valence-corrected chi connectivity index (χ2v) is 11.8. The van der Waals surface area contributed by atoms with Gasteiger partial charge in [0, 0.05) is 3.58 Å². The van der Waals surface area contributed by atoms with Crippen molar-refractivity contribution in [2.24, 2.45) is 0 Å². The second kappa shape index (κ2) is 19.5. The SMILES string of the molecule is C[NH+](C)CCCCCCCCCCCCCC(I)=C(I)I.[Cl-]. The standard InChI is InChI=1S/C17H32I3N.ClH/c1-21(2)15-13-11-9-7-5-3-4-6-8-10-12-14-16(18)17(19)20;/h3-15H2,1-2H3;1H. The summed E-state index contributed by atoms with van der Waals surface area (Å²) in [6.07, 6.45) is 17.1. The van der Waals surface area contributed by atoms with Crippen LogP contribution in [0.1, 0.15) is 77.0 Å². The number of unbranched alkanes of at least 4 members (excludes halogenated alkanes) is 10. The Hall–Kier alpha value is 2.18. The van der Waals surface area contributed by atoms with E-state index in [-0.39, 0.29) is 12.4 Å². The zero-order valence-corrected chi connectivity index (χ0v) is 21.4. The van der Waals surface area contributed by atoms with E-state index in [1.165, 1.54) is 85.2 Å². The summed E-state index contributed by atoms with van der Waals surface area (Å²) < 4.78 is 2.99. The van der Waals surface area contributed by atoms with Crippen LogP contribution >= 0.6 is 67.8 Å². The summed E-state index contributed by atoms with van der Waals surface area (Å²) in [7, 11) is 4.50. The van der Waals surface area contributed by atoms with Crippen molar-refractivity contribution in [3.63, 3.8) is 0 Å². The normalized spacial score (nSPS) is 10.6. The molecule has 0 bridgehead atoms. The first-order valence-corrected chi connectivity index (χ1v) is 11.8. The first-order chi connectivity index (χ1) is 10.0. The van der Waals surface area contributed by atoms with E-state index in [0.717, 1.165) is 0 Å². The van der Waals surface area contributed by atoms with Crippen molar-refractivity contribution < 1.29 is 17.3 Å². The molecule has 22 heavy (non-hydrogen) atoms.